The third-order valence-electron chi connectivity index (χ3n) is 3.99. The van der Waals surface area contributed by atoms with Crippen molar-refractivity contribution in [2.75, 3.05) is 5.32 Å². The van der Waals surface area contributed by atoms with Crippen LogP contribution in [0.1, 0.15) is 30.2 Å². The van der Waals surface area contributed by atoms with Crippen LogP contribution in [0.3, 0.4) is 0 Å². The summed E-state index contributed by atoms with van der Waals surface area (Å²) in [6.07, 6.45) is 1.63. The van der Waals surface area contributed by atoms with Gasteiger partial charge in [0.15, 0.2) is 0 Å². The zero-order valence-corrected chi connectivity index (χ0v) is 13.5. The van der Waals surface area contributed by atoms with Crippen LogP contribution >= 0.6 is 0 Å². The average molecular weight is 312 g/mol. The van der Waals surface area contributed by atoms with Gasteiger partial charge in [-0.15, -0.1) is 0 Å². The van der Waals surface area contributed by atoms with Gasteiger partial charge in [0.2, 0.25) is 6.10 Å². The molecule has 1 N–H and O–H groups in total. The van der Waals surface area contributed by atoms with Gasteiger partial charge in [0.1, 0.15) is 0 Å². The molecule has 1 aliphatic heterocycles. The van der Waals surface area contributed by atoms with E-state index >= 15 is 0 Å². The topological polar surface area (TPSA) is 68.5 Å². The molecular formula is C17H20N4O2. The van der Waals surface area contributed by atoms with Crippen molar-refractivity contribution in [3.05, 3.63) is 47.3 Å². The van der Waals surface area contributed by atoms with E-state index < -0.39 is 6.10 Å². The smallest absolute Gasteiger partial charge is 0.268 e. The van der Waals surface area contributed by atoms with Crippen LogP contribution in [0.5, 0.6) is 0 Å². The van der Waals surface area contributed by atoms with Gasteiger partial charge in [0.25, 0.3) is 5.91 Å². The number of amides is 1. The first-order valence-corrected chi connectivity index (χ1v) is 7.71. The third kappa shape index (κ3) is 3.11. The number of carbonyl (C=O) groups excluding carboxylic acids is 1. The van der Waals surface area contributed by atoms with Crippen LogP contribution in [-0.4, -0.2) is 27.5 Å². The molecule has 6 heteroatoms. The molecule has 1 aromatic carbocycles. The Morgan fingerprint density at radius 3 is 2.74 bits per heavy atom. The summed E-state index contributed by atoms with van der Waals surface area (Å²) in [6, 6.07) is 7.66. The predicted molar refractivity (Wildman–Crippen MR) is 88.5 cm³/mol. The summed E-state index contributed by atoms with van der Waals surface area (Å²) in [4.78, 5) is 17.6. The van der Waals surface area contributed by atoms with Gasteiger partial charge in [0, 0.05) is 29.9 Å². The highest BCUT2D eigenvalue weighted by atomic mass is 16.6. The summed E-state index contributed by atoms with van der Waals surface area (Å²) in [7, 11) is 0. The maximum atomic E-state index is 12.3. The van der Waals surface area contributed by atoms with Gasteiger partial charge in [-0.1, -0.05) is 22.9 Å². The van der Waals surface area contributed by atoms with Crippen molar-refractivity contribution in [2.45, 2.75) is 39.8 Å². The van der Waals surface area contributed by atoms with E-state index in [0.717, 1.165) is 34.8 Å². The molecule has 1 atom stereocenters. The molecule has 1 amide bonds. The van der Waals surface area contributed by atoms with Crippen LogP contribution in [-0.2, 0) is 16.2 Å². The quantitative estimate of drug-likeness (QED) is 0.943. The van der Waals surface area contributed by atoms with E-state index in [1.807, 2.05) is 49.7 Å². The van der Waals surface area contributed by atoms with Crippen LogP contribution in [0.25, 0.3) is 0 Å². The summed E-state index contributed by atoms with van der Waals surface area (Å²) >= 11 is 0. The number of carbonyl (C=O) groups is 1. The number of rotatable bonds is 4. The molecule has 0 spiro atoms. The van der Waals surface area contributed by atoms with E-state index in [-0.39, 0.29) is 5.91 Å². The number of hydrogen-bond acceptors (Lipinski definition) is 4. The summed E-state index contributed by atoms with van der Waals surface area (Å²) in [5, 5.41) is 11.2. The van der Waals surface area contributed by atoms with Crippen LogP contribution in [0.15, 0.2) is 35.6 Å². The van der Waals surface area contributed by atoms with Gasteiger partial charge in [-0.2, -0.15) is 5.10 Å². The molecule has 3 rings (SSSR count). The van der Waals surface area contributed by atoms with Gasteiger partial charge in [-0.3, -0.25) is 9.48 Å². The van der Waals surface area contributed by atoms with Crippen molar-refractivity contribution < 1.29 is 9.63 Å². The maximum absolute atomic E-state index is 12.3. The van der Waals surface area contributed by atoms with Crippen molar-refractivity contribution in [1.29, 1.82) is 0 Å². The molecule has 2 aromatic rings. The molecule has 0 unspecified atom stereocenters. The Kier molecular flexibility index (Phi) is 4.14. The number of hydrogen-bond donors (Lipinski definition) is 1. The van der Waals surface area contributed by atoms with Crippen molar-refractivity contribution in [1.82, 2.24) is 9.78 Å². The average Bonchev–Trinajstić information content (AvgIpc) is 3.16. The zero-order valence-electron chi connectivity index (χ0n) is 13.5. The second-order valence-corrected chi connectivity index (χ2v) is 5.65. The molecular weight excluding hydrogens is 292 g/mol. The molecule has 6 nitrogen and oxygen atoms in total. The Hall–Kier alpha value is -2.63. The first kappa shape index (κ1) is 15.3. The standard InChI is InChI=1S/C17H20N4O2/c1-4-21-12(3)14(10-18-21)15-9-16(23-20-15)17(22)19-13-7-5-11(2)6-8-13/h5-8,10,16H,4,9H2,1-3H3,(H,19,22)/t16-/m1/s1. The Morgan fingerprint density at radius 1 is 1.35 bits per heavy atom. The molecule has 0 saturated carbocycles. The number of benzene rings is 1. The van der Waals surface area contributed by atoms with Gasteiger partial charge in [0.05, 0.1) is 11.9 Å². The fourth-order valence-electron chi connectivity index (χ4n) is 2.59. The van der Waals surface area contributed by atoms with Crippen molar-refractivity contribution >= 4 is 17.3 Å². The van der Waals surface area contributed by atoms with E-state index in [1.54, 1.807) is 6.20 Å². The lowest BCUT2D eigenvalue weighted by Gasteiger charge is -2.09. The molecule has 0 aliphatic carbocycles. The Labute approximate surface area is 135 Å². The number of oxime groups is 1. The lowest BCUT2D eigenvalue weighted by molar-refractivity contribution is -0.125. The second kappa shape index (κ2) is 6.24. The molecule has 0 bridgehead atoms. The van der Waals surface area contributed by atoms with Gasteiger partial charge in [-0.25, -0.2) is 0 Å². The van der Waals surface area contributed by atoms with E-state index in [2.05, 4.69) is 15.6 Å². The minimum Gasteiger partial charge on any atom is -0.382 e. The van der Waals surface area contributed by atoms with E-state index in [1.165, 1.54) is 0 Å². The number of anilines is 1. The van der Waals surface area contributed by atoms with Gasteiger partial charge < -0.3 is 10.2 Å². The van der Waals surface area contributed by atoms with Gasteiger partial charge in [-0.05, 0) is 32.9 Å². The highest BCUT2D eigenvalue weighted by Gasteiger charge is 2.30. The summed E-state index contributed by atoms with van der Waals surface area (Å²) in [5.41, 5.74) is 4.65. The summed E-state index contributed by atoms with van der Waals surface area (Å²) in [5.74, 6) is -0.187. The Morgan fingerprint density at radius 2 is 2.09 bits per heavy atom. The van der Waals surface area contributed by atoms with Crippen LogP contribution in [0, 0.1) is 13.8 Å². The van der Waals surface area contributed by atoms with Gasteiger partial charge >= 0.3 is 0 Å². The first-order valence-electron chi connectivity index (χ1n) is 7.71. The lowest BCUT2D eigenvalue weighted by Crippen LogP contribution is -2.28. The molecule has 1 aliphatic rings. The predicted octanol–water partition coefficient (Wildman–Crippen LogP) is 2.65. The first-order chi connectivity index (χ1) is 11.1. The number of nitrogens with one attached hydrogen (secondary N) is 1. The fourth-order valence-corrected chi connectivity index (χ4v) is 2.59. The molecule has 0 fully saturated rings. The van der Waals surface area contributed by atoms with Crippen LogP contribution < -0.4 is 5.32 Å². The fraction of sp³-hybridized carbons (Fsp3) is 0.353. The maximum Gasteiger partial charge on any atom is 0.268 e. The summed E-state index contributed by atoms with van der Waals surface area (Å²) < 4.78 is 1.90. The lowest BCUT2D eigenvalue weighted by atomic mass is 10.1. The highest BCUT2D eigenvalue weighted by Crippen LogP contribution is 2.20. The number of aryl methyl sites for hydroxylation is 2. The Bertz CT molecular complexity index is 746. The van der Waals surface area contributed by atoms with Crippen molar-refractivity contribution in [3.8, 4) is 0 Å². The van der Waals surface area contributed by atoms with Crippen LogP contribution in [0.4, 0.5) is 5.69 Å². The molecule has 0 saturated heterocycles. The van der Waals surface area contributed by atoms with Crippen LogP contribution in [0.2, 0.25) is 0 Å². The molecule has 120 valence electrons. The van der Waals surface area contributed by atoms with E-state index in [9.17, 15) is 4.79 Å². The Balaban J connectivity index is 1.65. The second-order valence-electron chi connectivity index (χ2n) is 5.65. The third-order valence-corrected chi connectivity index (χ3v) is 3.99. The molecule has 0 radical (unpaired) electrons. The normalized spacial score (nSPS) is 16.8. The summed E-state index contributed by atoms with van der Waals surface area (Å²) in [6.45, 7) is 6.84. The minimum absolute atomic E-state index is 0.187. The van der Waals surface area contributed by atoms with Crippen molar-refractivity contribution in [2.24, 2.45) is 5.16 Å². The molecule has 2 heterocycles. The molecule has 23 heavy (non-hydrogen) atoms. The number of nitrogens with zero attached hydrogens (tertiary/aromatic N) is 3. The van der Waals surface area contributed by atoms with E-state index in [0.29, 0.717) is 6.42 Å². The monoisotopic (exact) mass is 312 g/mol. The van der Waals surface area contributed by atoms with E-state index in [4.69, 9.17) is 4.84 Å². The zero-order chi connectivity index (χ0) is 16.4. The SMILES string of the molecule is CCn1ncc(C2=NO[C@@H](C(=O)Nc3ccc(C)cc3)C2)c1C. The molecule has 1 aromatic heterocycles. The highest BCUT2D eigenvalue weighted by molar-refractivity contribution is 6.06. The van der Waals surface area contributed by atoms with Crippen molar-refractivity contribution in [3.63, 3.8) is 0 Å². The largest absolute Gasteiger partial charge is 0.382 e. The number of aromatic nitrogens is 2. The minimum atomic E-state index is -0.601.